The van der Waals surface area contributed by atoms with Gasteiger partial charge in [0, 0.05) is 40.9 Å². The predicted molar refractivity (Wildman–Crippen MR) is 247 cm³/mol. The largest absolute Gasteiger partial charge is 0.490 e. The third-order valence-corrected chi connectivity index (χ3v) is 8.20. The van der Waals surface area contributed by atoms with E-state index in [1.807, 2.05) is 55.6 Å². The molecule has 6 rings (SSSR count). The van der Waals surface area contributed by atoms with E-state index in [4.69, 9.17) is 40.6 Å². The summed E-state index contributed by atoms with van der Waals surface area (Å²) in [5.74, 6) is 0.604. The molecule has 0 heterocycles. The molecule has 0 spiro atoms. The fourth-order valence-corrected chi connectivity index (χ4v) is 5.10. The molecule has 6 aromatic carbocycles. The minimum absolute atomic E-state index is 0. The Hall–Kier alpha value is -8.52. The van der Waals surface area contributed by atoms with Crippen LogP contribution in [0.3, 0.4) is 0 Å². The van der Waals surface area contributed by atoms with Gasteiger partial charge < -0.3 is 51.3 Å². The van der Waals surface area contributed by atoms with Crippen LogP contribution in [0.25, 0.3) is 0 Å². The highest BCUT2D eigenvalue weighted by molar-refractivity contribution is 6.06. The van der Waals surface area contributed by atoms with Crippen LogP contribution in [0.5, 0.6) is 34.5 Å². The Labute approximate surface area is 366 Å². The van der Waals surface area contributed by atoms with Crippen LogP contribution in [-0.4, -0.2) is 54.1 Å². The number of ether oxygens (including phenoxy) is 4. The second-order valence-corrected chi connectivity index (χ2v) is 13.0. The average Bonchev–Trinajstić information content (AvgIpc) is 3.27. The molecular formula is C49H50N4O10. The first-order valence-corrected chi connectivity index (χ1v) is 18.8. The quantitative estimate of drug-likeness (QED) is 0.0303. The molecule has 0 fully saturated rings. The molecular weight excluding hydrogens is 805 g/mol. The van der Waals surface area contributed by atoms with Crippen molar-refractivity contribution in [3.05, 3.63) is 181 Å². The van der Waals surface area contributed by atoms with Crippen molar-refractivity contribution in [1.82, 2.24) is 0 Å². The molecule has 0 aliphatic rings. The van der Waals surface area contributed by atoms with Crippen LogP contribution >= 0.6 is 0 Å². The molecule has 8 N–H and O–H groups in total. The lowest BCUT2D eigenvalue weighted by Crippen LogP contribution is -2.13. The van der Waals surface area contributed by atoms with Gasteiger partial charge in [-0.25, -0.2) is 9.59 Å². The number of nitrogens with one attached hydrogen (secondary N) is 2. The summed E-state index contributed by atoms with van der Waals surface area (Å²) in [6, 6.07) is 37.5. The first kappa shape index (κ1) is 48.8. The number of aromatic carboxylic acids is 2. The van der Waals surface area contributed by atoms with E-state index in [9.17, 15) is 19.2 Å². The summed E-state index contributed by atoms with van der Waals surface area (Å²) < 4.78 is 22.0. The normalized spacial score (nSPS) is 9.75. The van der Waals surface area contributed by atoms with Crippen molar-refractivity contribution in [3.63, 3.8) is 0 Å². The number of amides is 1. The topological polar surface area (TPSA) is 222 Å². The number of hydrogen-bond acceptors (Lipinski definition) is 11. The van der Waals surface area contributed by atoms with E-state index in [0.717, 1.165) is 34.6 Å². The van der Waals surface area contributed by atoms with Gasteiger partial charge in [0.1, 0.15) is 47.7 Å². The lowest BCUT2D eigenvalue weighted by molar-refractivity contribution is 0.0695. The molecule has 0 aromatic heterocycles. The zero-order valence-corrected chi connectivity index (χ0v) is 34.0. The number of benzene rings is 6. The number of ketones is 1. The van der Waals surface area contributed by atoms with Gasteiger partial charge in [-0.15, -0.1) is 0 Å². The molecule has 0 atom stereocenters. The van der Waals surface area contributed by atoms with Gasteiger partial charge in [-0.2, -0.15) is 0 Å². The van der Waals surface area contributed by atoms with Crippen LogP contribution in [0.15, 0.2) is 159 Å². The summed E-state index contributed by atoms with van der Waals surface area (Å²) in [4.78, 5) is 46.0. The molecule has 0 aliphatic heterocycles. The van der Waals surface area contributed by atoms with Crippen LogP contribution in [0.1, 0.15) is 55.8 Å². The van der Waals surface area contributed by atoms with Crippen LogP contribution in [0.4, 0.5) is 22.7 Å². The summed E-state index contributed by atoms with van der Waals surface area (Å²) in [6.45, 7) is 8.94. The molecule has 0 radical (unpaired) electrons. The minimum Gasteiger partial charge on any atom is -0.490 e. The summed E-state index contributed by atoms with van der Waals surface area (Å²) in [5, 5.41) is 23.4. The van der Waals surface area contributed by atoms with Crippen molar-refractivity contribution in [1.29, 1.82) is 0 Å². The van der Waals surface area contributed by atoms with Crippen LogP contribution < -0.4 is 41.0 Å². The molecule has 0 unspecified atom stereocenters. The summed E-state index contributed by atoms with van der Waals surface area (Å²) in [6.07, 6.45) is 3.08. The van der Waals surface area contributed by atoms with Gasteiger partial charge in [0.25, 0.3) is 5.91 Å². The van der Waals surface area contributed by atoms with E-state index in [1.165, 1.54) is 25.1 Å². The zero-order valence-electron chi connectivity index (χ0n) is 34.0. The van der Waals surface area contributed by atoms with Gasteiger partial charge in [-0.3, -0.25) is 9.59 Å². The van der Waals surface area contributed by atoms with Crippen molar-refractivity contribution < 1.29 is 48.3 Å². The number of anilines is 4. The molecule has 14 heteroatoms. The number of nitrogen functional groups attached to an aromatic ring is 2. The van der Waals surface area contributed by atoms with E-state index in [1.54, 1.807) is 72.8 Å². The summed E-state index contributed by atoms with van der Waals surface area (Å²) >= 11 is 0. The molecule has 0 saturated carbocycles. The molecule has 1 amide bonds. The molecule has 0 aliphatic carbocycles. The highest BCUT2D eigenvalue weighted by Crippen LogP contribution is 2.26. The number of rotatable bonds is 16. The fourth-order valence-electron chi connectivity index (χ4n) is 5.10. The molecule has 63 heavy (non-hydrogen) atoms. The van der Waals surface area contributed by atoms with E-state index >= 15 is 0 Å². The van der Waals surface area contributed by atoms with Crippen molar-refractivity contribution >= 4 is 46.4 Å². The van der Waals surface area contributed by atoms with Crippen molar-refractivity contribution in [3.8, 4) is 34.5 Å². The third kappa shape index (κ3) is 16.2. The lowest BCUT2D eigenvalue weighted by Gasteiger charge is -2.11. The van der Waals surface area contributed by atoms with Gasteiger partial charge in [-0.05, 0) is 140 Å². The highest BCUT2D eigenvalue weighted by Gasteiger charge is 2.14. The average molecular weight is 855 g/mol. The maximum Gasteiger partial charge on any atom is 0.335 e. The van der Waals surface area contributed by atoms with Crippen molar-refractivity contribution in [2.75, 3.05) is 42.4 Å². The number of carboxylic acids is 2. The van der Waals surface area contributed by atoms with Gasteiger partial charge in [0.2, 0.25) is 0 Å². The fraction of sp³-hybridized carbons (Fsp3) is 0.102. The molecule has 0 bridgehead atoms. The predicted octanol–water partition coefficient (Wildman–Crippen LogP) is 10.5. The first-order valence-electron chi connectivity index (χ1n) is 18.8. The Balaban J connectivity index is 0.000000277. The zero-order chi connectivity index (χ0) is 45.0. The highest BCUT2D eigenvalue weighted by atomic mass is 16.5. The van der Waals surface area contributed by atoms with Gasteiger partial charge in [0.05, 0.1) is 11.1 Å². The maximum atomic E-state index is 12.7. The Bertz CT molecular complexity index is 2390. The standard InChI is InChI=1S/C25H24N2O4.C12H12N2O.C11H10O5.CH4/c1-4-13-30-24-15-18(17(2)28)14-19(16-24)25(29)27-21-7-11-23(12-8-21)31-22-9-5-20(26-3)6-10-22;13-9-1-5-11(6-2-9)15-12-7-3-10(14)4-8-12;1-2-3-16-9-5-7(10(12)13)4-8(6-9)11(14)15;/h4-12,14-16,26H,1,13H2,2-3H3,(H,27,29);1-8H,13-14H2;2,4-6H,1,3H2,(H,12,13)(H,14,15);1H4. The molecule has 326 valence electrons. The monoisotopic (exact) mass is 854 g/mol. The Morgan fingerprint density at radius 3 is 1.25 bits per heavy atom. The Morgan fingerprint density at radius 1 is 0.540 bits per heavy atom. The number of carbonyl (C=O) groups excluding carboxylic acids is 2. The van der Waals surface area contributed by atoms with Crippen molar-refractivity contribution in [2.45, 2.75) is 14.4 Å². The van der Waals surface area contributed by atoms with Gasteiger partial charge in [0.15, 0.2) is 5.78 Å². The van der Waals surface area contributed by atoms with Crippen LogP contribution in [0.2, 0.25) is 0 Å². The molecule has 6 aromatic rings. The van der Waals surface area contributed by atoms with E-state index in [-0.39, 0.29) is 49.2 Å². The number of Topliss-reactive ketones (excluding diaryl/α,β-unsaturated/α-hetero) is 1. The second-order valence-electron chi connectivity index (χ2n) is 13.0. The van der Waals surface area contributed by atoms with Crippen LogP contribution in [0, 0.1) is 0 Å². The van der Waals surface area contributed by atoms with Gasteiger partial charge >= 0.3 is 11.9 Å². The molecule has 0 saturated heterocycles. The van der Waals surface area contributed by atoms with E-state index in [2.05, 4.69) is 23.8 Å². The Kier molecular flexibility index (Phi) is 19.0. The van der Waals surface area contributed by atoms with Crippen molar-refractivity contribution in [2.24, 2.45) is 0 Å². The maximum absolute atomic E-state index is 12.7. The number of hydrogen-bond donors (Lipinski definition) is 6. The second kappa shape index (κ2) is 24.5. The third-order valence-electron chi connectivity index (χ3n) is 8.20. The summed E-state index contributed by atoms with van der Waals surface area (Å²) in [7, 11) is 1.86. The lowest BCUT2D eigenvalue weighted by atomic mass is 10.1. The minimum atomic E-state index is -1.20. The van der Waals surface area contributed by atoms with Crippen LogP contribution in [-0.2, 0) is 0 Å². The first-order chi connectivity index (χ1) is 29.8. The summed E-state index contributed by atoms with van der Waals surface area (Å²) in [5.41, 5.74) is 14.7. The smallest absolute Gasteiger partial charge is 0.335 e. The van der Waals surface area contributed by atoms with E-state index in [0.29, 0.717) is 34.1 Å². The van der Waals surface area contributed by atoms with Gasteiger partial charge in [-0.1, -0.05) is 32.7 Å². The number of carbonyl (C=O) groups is 4. The SMILES string of the molecule is C.C=CCOc1cc(C(=O)O)cc(C(=O)O)c1.C=CCOc1cc(C(C)=O)cc(C(=O)Nc2ccc(Oc3ccc(NC)cc3)cc2)c1.Nc1ccc(Oc2ccc(N)cc2)cc1. The number of carboxylic acid groups (broad SMARTS) is 2. The number of nitrogens with two attached hydrogens (primary N) is 2. The van der Waals surface area contributed by atoms with E-state index < -0.39 is 11.9 Å². The molecule has 14 nitrogen and oxygen atoms in total. The Morgan fingerprint density at radius 2 is 0.889 bits per heavy atom.